The molecule has 0 bridgehead atoms. The van der Waals surface area contributed by atoms with Gasteiger partial charge in [0.1, 0.15) is 11.8 Å². The SMILES string of the molecule is COc1ccc(S(=O)(=O)N2CCC[C@H]2C(=O)Nc2ccc(C)c(Cl)c2)cc1. The topological polar surface area (TPSA) is 75.7 Å². The molecule has 0 saturated carbocycles. The fourth-order valence-corrected chi connectivity index (χ4v) is 4.91. The molecule has 2 aromatic rings. The second kappa shape index (κ2) is 7.88. The fourth-order valence-electron chi connectivity index (χ4n) is 3.07. The molecule has 0 unspecified atom stereocenters. The van der Waals surface area contributed by atoms with E-state index in [0.717, 1.165) is 5.56 Å². The number of amides is 1. The minimum Gasteiger partial charge on any atom is -0.497 e. The average Bonchev–Trinajstić information content (AvgIpc) is 3.16. The number of aryl methyl sites for hydroxylation is 1. The monoisotopic (exact) mass is 408 g/mol. The lowest BCUT2D eigenvalue weighted by Gasteiger charge is -2.23. The van der Waals surface area contributed by atoms with E-state index in [9.17, 15) is 13.2 Å². The first kappa shape index (κ1) is 19.7. The molecule has 6 nitrogen and oxygen atoms in total. The second-order valence-corrected chi connectivity index (χ2v) is 8.70. The first-order valence-electron chi connectivity index (χ1n) is 8.56. The summed E-state index contributed by atoms with van der Waals surface area (Å²) in [6.07, 6.45) is 1.10. The summed E-state index contributed by atoms with van der Waals surface area (Å²) in [5, 5.41) is 3.32. The van der Waals surface area contributed by atoms with Gasteiger partial charge in [-0.05, 0) is 61.7 Å². The van der Waals surface area contributed by atoms with Crippen molar-refractivity contribution in [2.24, 2.45) is 0 Å². The van der Waals surface area contributed by atoms with Crippen LogP contribution >= 0.6 is 11.6 Å². The summed E-state index contributed by atoms with van der Waals surface area (Å²) in [5.74, 6) is 0.213. The van der Waals surface area contributed by atoms with Crippen LogP contribution in [-0.4, -0.2) is 38.3 Å². The van der Waals surface area contributed by atoms with Crippen LogP contribution in [0.25, 0.3) is 0 Å². The quantitative estimate of drug-likeness (QED) is 0.822. The number of carbonyl (C=O) groups is 1. The van der Waals surface area contributed by atoms with Crippen LogP contribution in [0, 0.1) is 6.92 Å². The van der Waals surface area contributed by atoms with Gasteiger partial charge in [-0.1, -0.05) is 17.7 Å². The minimum atomic E-state index is -3.77. The van der Waals surface area contributed by atoms with Gasteiger partial charge in [0.25, 0.3) is 0 Å². The third-order valence-corrected chi connectivity index (χ3v) is 6.94. The molecule has 0 radical (unpaired) electrons. The molecule has 1 aliphatic heterocycles. The van der Waals surface area contributed by atoms with E-state index in [1.807, 2.05) is 6.92 Å². The Kier molecular flexibility index (Phi) is 5.74. The Morgan fingerprint density at radius 2 is 1.93 bits per heavy atom. The number of halogens is 1. The first-order valence-corrected chi connectivity index (χ1v) is 10.4. The van der Waals surface area contributed by atoms with E-state index in [2.05, 4.69) is 5.32 Å². The average molecular weight is 409 g/mol. The zero-order valence-corrected chi connectivity index (χ0v) is 16.7. The van der Waals surface area contributed by atoms with Crippen molar-refractivity contribution in [3.63, 3.8) is 0 Å². The van der Waals surface area contributed by atoms with E-state index in [1.54, 1.807) is 30.3 Å². The van der Waals surface area contributed by atoms with Crippen molar-refractivity contribution in [3.8, 4) is 5.75 Å². The highest BCUT2D eigenvalue weighted by Crippen LogP contribution is 2.28. The number of hydrogen-bond acceptors (Lipinski definition) is 4. The van der Waals surface area contributed by atoms with Gasteiger partial charge >= 0.3 is 0 Å². The van der Waals surface area contributed by atoms with Crippen molar-refractivity contribution >= 4 is 33.2 Å². The van der Waals surface area contributed by atoms with E-state index >= 15 is 0 Å². The highest BCUT2D eigenvalue weighted by molar-refractivity contribution is 7.89. The number of anilines is 1. The molecule has 0 aromatic heterocycles. The highest BCUT2D eigenvalue weighted by Gasteiger charge is 2.39. The van der Waals surface area contributed by atoms with Gasteiger partial charge < -0.3 is 10.1 Å². The first-order chi connectivity index (χ1) is 12.8. The number of benzene rings is 2. The molecule has 8 heteroatoms. The molecule has 1 amide bonds. The zero-order valence-electron chi connectivity index (χ0n) is 15.1. The number of rotatable bonds is 5. The van der Waals surface area contributed by atoms with Gasteiger partial charge in [-0.15, -0.1) is 0 Å². The van der Waals surface area contributed by atoms with Gasteiger partial charge in [0.05, 0.1) is 12.0 Å². The van der Waals surface area contributed by atoms with Gasteiger partial charge in [0, 0.05) is 17.3 Å². The van der Waals surface area contributed by atoms with Gasteiger partial charge in [-0.25, -0.2) is 8.42 Å². The zero-order chi connectivity index (χ0) is 19.6. The molecular weight excluding hydrogens is 388 g/mol. The molecule has 0 spiro atoms. The summed E-state index contributed by atoms with van der Waals surface area (Å²) >= 11 is 6.10. The fraction of sp³-hybridized carbons (Fsp3) is 0.316. The Labute approximate surface area is 164 Å². The molecule has 1 atom stereocenters. The highest BCUT2D eigenvalue weighted by atomic mass is 35.5. The summed E-state index contributed by atoms with van der Waals surface area (Å²) in [6, 6.07) is 10.6. The van der Waals surface area contributed by atoms with Crippen LogP contribution in [0.15, 0.2) is 47.4 Å². The van der Waals surface area contributed by atoms with Gasteiger partial charge in [-0.3, -0.25) is 4.79 Å². The Morgan fingerprint density at radius 3 is 2.56 bits per heavy atom. The molecule has 1 heterocycles. The molecule has 2 aromatic carbocycles. The van der Waals surface area contributed by atoms with Crippen molar-refractivity contribution in [1.29, 1.82) is 0 Å². The number of methoxy groups -OCH3 is 1. The maximum absolute atomic E-state index is 13.0. The van der Waals surface area contributed by atoms with Crippen LogP contribution in [0.2, 0.25) is 5.02 Å². The second-order valence-electron chi connectivity index (χ2n) is 6.40. The van der Waals surface area contributed by atoms with E-state index in [4.69, 9.17) is 16.3 Å². The molecule has 1 aliphatic rings. The van der Waals surface area contributed by atoms with Crippen molar-refractivity contribution in [3.05, 3.63) is 53.1 Å². The van der Waals surface area contributed by atoms with E-state index in [1.165, 1.54) is 23.5 Å². The molecular formula is C19H21ClN2O4S. The Balaban J connectivity index is 1.80. The summed E-state index contributed by atoms with van der Waals surface area (Å²) in [6.45, 7) is 2.18. The number of nitrogens with zero attached hydrogens (tertiary/aromatic N) is 1. The predicted molar refractivity (Wildman–Crippen MR) is 105 cm³/mol. The lowest BCUT2D eigenvalue weighted by Crippen LogP contribution is -2.43. The maximum atomic E-state index is 13.0. The largest absolute Gasteiger partial charge is 0.497 e. The van der Waals surface area contributed by atoms with Crippen LogP contribution in [-0.2, 0) is 14.8 Å². The maximum Gasteiger partial charge on any atom is 0.243 e. The van der Waals surface area contributed by atoms with Crippen molar-refractivity contribution < 1.29 is 17.9 Å². The molecule has 27 heavy (non-hydrogen) atoms. The van der Waals surface area contributed by atoms with E-state index in [0.29, 0.717) is 35.8 Å². The molecule has 144 valence electrons. The molecule has 1 fully saturated rings. The van der Waals surface area contributed by atoms with Crippen LogP contribution in [0.3, 0.4) is 0 Å². The lowest BCUT2D eigenvalue weighted by atomic mass is 10.2. The molecule has 0 aliphatic carbocycles. The Morgan fingerprint density at radius 1 is 1.22 bits per heavy atom. The third kappa shape index (κ3) is 4.10. The normalized spacial score (nSPS) is 17.7. The van der Waals surface area contributed by atoms with E-state index in [-0.39, 0.29) is 10.8 Å². The van der Waals surface area contributed by atoms with Gasteiger partial charge in [0.15, 0.2) is 0 Å². The van der Waals surface area contributed by atoms with Crippen LogP contribution in [0.4, 0.5) is 5.69 Å². The number of hydrogen-bond donors (Lipinski definition) is 1. The van der Waals surface area contributed by atoms with Crippen LogP contribution in [0.1, 0.15) is 18.4 Å². The smallest absolute Gasteiger partial charge is 0.243 e. The molecule has 3 rings (SSSR count). The van der Waals surface area contributed by atoms with Crippen LogP contribution < -0.4 is 10.1 Å². The minimum absolute atomic E-state index is 0.140. The number of nitrogens with one attached hydrogen (secondary N) is 1. The van der Waals surface area contributed by atoms with Crippen molar-refractivity contribution in [2.75, 3.05) is 19.0 Å². The van der Waals surface area contributed by atoms with Crippen molar-refractivity contribution in [2.45, 2.75) is 30.7 Å². The van der Waals surface area contributed by atoms with Gasteiger partial charge in [-0.2, -0.15) is 4.31 Å². The molecule has 1 saturated heterocycles. The Hall–Kier alpha value is -2.09. The van der Waals surface area contributed by atoms with Gasteiger partial charge in [0.2, 0.25) is 15.9 Å². The summed E-state index contributed by atoms with van der Waals surface area (Å²) in [4.78, 5) is 12.9. The summed E-state index contributed by atoms with van der Waals surface area (Å²) < 4.78 is 32.3. The summed E-state index contributed by atoms with van der Waals surface area (Å²) in [7, 11) is -2.26. The predicted octanol–water partition coefficient (Wildman–Crippen LogP) is 3.45. The molecule has 1 N–H and O–H groups in total. The lowest BCUT2D eigenvalue weighted by molar-refractivity contribution is -0.119. The van der Waals surface area contributed by atoms with Crippen molar-refractivity contribution in [1.82, 2.24) is 4.31 Å². The number of sulfonamides is 1. The number of ether oxygens (including phenoxy) is 1. The van der Waals surface area contributed by atoms with E-state index < -0.39 is 16.1 Å². The standard InChI is InChI=1S/C19H21ClN2O4S/c1-13-5-6-14(12-17(13)20)21-19(23)18-4-3-11-22(18)27(24,25)16-9-7-15(26-2)8-10-16/h5-10,12,18H,3-4,11H2,1-2H3,(H,21,23)/t18-/m0/s1. The summed E-state index contributed by atoms with van der Waals surface area (Å²) in [5.41, 5.74) is 1.45. The third-order valence-electron chi connectivity index (χ3n) is 4.61. The Bertz CT molecular complexity index is 945. The number of carbonyl (C=O) groups excluding carboxylic acids is 1. The van der Waals surface area contributed by atoms with Crippen LogP contribution in [0.5, 0.6) is 5.75 Å².